The van der Waals surface area contributed by atoms with E-state index in [-0.39, 0.29) is 11.7 Å². The molecular formula is C12H15N5O2. The molecule has 0 radical (unpaired) electrons. The van der Waals surface area contributed by atoms with Crippen molar-refractivity contribution in [3.8, 4) is 0 Å². The predicted molar refractivity (Wildman–Crippen MR) is 70.9 cm³/mol. The van der Waals surface area contributed by atoms with E-state index in [1.54, 1.807) is 20.2 Å². The van der Waals surface area contributed by atoms with Gasteiger partial charge < -0.3 is 5.32 Å². The third-order valence-electron chi connectivity index (χ3n) is 2.86. The highest BCUT2D eigenvalue weighted by atomic mass is 16.6. The molecule has 2 heterocycles. The number of hydrogen-bond donors (Lipinski definition) is 1. The first-order valence-electron chi connectivity index (χ1n) is 5.86. The van der Waals surface area contributed by atoms with E-state index >= 15 is 0 Å². The second kappa shape index (κ2) is 5.05. The Morgan fingerprint density at radius 3 is 2.79 bits per heavy atom. The molecule has 100 valence electrons. The van der Waals surface area contributed by atoms with Gasteiger partial charge in [-0.25, -0.2) is 4.68 Å². The van der Waals surface area contributed by atoms with Gasteiger partial charge in [0.25, 0.3) is 0 Å². The van der Waals surface area contributed by atoms with E-state index in [9.17, 15) is 10.1 Å². The van der Waals surface area contributed by atoms with Crippen molar-refractivity contribution in [2.24, 2.45) is 7.05 Å². The average Bonchev–Trinajstić information content (AvgIpc) is 2.65. The van der Waals surface area contributed by atoms with Crippen LogP contribution in [0.4, 0.5) is 11.5 Å². The maximum atomic E-state index is 11.1. The van der Waals surface area contributed by atoms with Crippen molar-refractivity contribution in [2.75, 3.05) is 5.32 Å². The van der Waals surface area contributed by atoms with E-state index in [0.717, 1.165) is 5.69 Å². The van der Waals surface area contributed by atoms with Crippen molar-refractivity contribution in [3.05, 3.63) is 45.9 Å². The third kappa shape index (κ3) is 2.54. The van der Waals surface area contributed by atoms with Gasteiger partial charge in [-0.3, -0.25) is 15.1 Å². The highest BCUT2D eigenvalue weighted by Crippen LogP contribution is 2.29. The summed E-state index contributed by atoms with van der Waals surface area (Å²) in [7, 11) is 1.67. The molecule has 0 aromatic carbocycles. The summed E-state index contributed by atoms with van der Waals surface area (Å²) in [6, 6.07) is 5.43. The summed E-state index contributed by atoms with van der Waals surface area (Å²) in [5.41, 5.74) is 1.21. The third-order valence-corrected chi connectivity index (χ3v) is 2.86. The van der Waals surface area contributed by atoms with Gasteiger partial charge in [0.1, 0.15) is 5.69 Å². The van der Waals surface area contributed by atoms with Crippen LogP contribution in [0, 0.1) is 17.0 Å². The molecule has 0 amide bonds. The zero-order valence-electron chi connectivity index (χ0n) is 11.0. The van der Waals surface area contributed by atoms with Gasteiger partial charge in [0.05, 0.1) is 16.7 Å². The Labute approximate surface area is 110 Å². The van der Waals surface area contributed by atoms with Crippen LogP contribution in [0.3, 0.4) is 0 Å². The number of nitro groups is 1. The standard InChI is InChI=1S/C12H15N5O2/c1-8(10-6-4-5-7-13-10)14-12-11(17(18)19)9(2)15-16(12)3/h4-8,14H,1-3H3. The van der Waals surface area contributed by atoms with Crippen LogP contribution in [0.1, 0.15) is 24.4 Å². The van der Waals surface area contributed by atoms with E-state index in [2.05, 4.69) is 15.4 Å². The molecule has 2 aromatic heterocycles. The zero-order valence-corrected chi connectivity index (χ0v) is 11.0. The molecule has 0 saturated carbocycles. The first kappa shape index (κ1) is 13.0. The molecule has 2 aromatic rings. The second-order valence-corrected chi connectivity index (χ2v) is 4.28. The molecule has 0 aliphatic rings. The molecule has 7 nitrogen and oxygen atoms in total. The molecule has 2 rings (SSSR count). The van der Waals surface area contributed by atoms with Crippen LogP contribution in [0.15, 0.2) is 24.4 Å². The van der Waals surface area contributed by atoms with Gasteiger partial charge in [-0.05, 0) is 26.0 Å². The van der Waals surface area contributed by atoms with E-state index in [0.29, 0.717) is 11.5 Å². The van der Waals surface area contributed by atoms with Crippen molar-refractivity contribution in [3.63, 3.8) is 0 Å². The lowest BCUT2D eigenvalue weighted by molar-refractivity contribution is -0.384. The molecule has 0 bridgehead atoms. The fraction of sp³-hybridized carbons (Fsp3) is 0.333. The zero-order chi connectivity index (χ0) is 14.0. The first-order chi connectivity index (χ1) is 9.00. The van der Waals surface area contributed by atoms with Gasteiger partial charge in [0.2, 0.25) is 5.82 Å². The lowest BCUT2D eigenvalue weighted by Gasteiger charge is -2.13. The smallest absolute Gasteiger partial charge is 0.333 e. The quantitative estimate of drug-likeness (QED) is 0.673. The highest BCUT2D eigenvalue weighted by Gasteiger charge is 2.25. The summed E-state index contributed by atoms with van der Waals surface area (Å²) >= 11 is 0. The lowest BCUT2D eigenvalue weighted by atomic mass is 10.2. The maximum Gasteiger partial charge on any atom is 0.333 e. The number of anilines is 1. The summed E-state index contributed by atoms with van der Waals surface area (Å²) in [6.45, 7) is 3.52. The van der Waals surface area contributed by atoms with Crippen molar-refractivity contribution in [1.29, 1.82) is 0 Å². The number of pyridine rings is 1. The fourth-order valence-electron chi connectivity index (χ4n) is 1.94. The Morgan fingerprint density at radius 1 is 1.47 bits per heavy atom. The fourth-order valence-corrected chi connectivity index (χ4v) is 1.94. The largest absolute Gasteiger partial charge is 0.356 e. The van der Waals surface area contributed by atoms with Crippen LogP contribution >= 0.6 is 0 Å². The first-order valence-corrected chi connectivity index (χ1v) is 5.86. The number of nitrogens with zero attached hydrogens (tertiary/aromatic N) is 4. The van der Waals surface area contributed by atoms with Crippen LogP contribution < -0.4 is 5.32 Å². The van der Waals surface area contributed by atoms with E-state index < -0.39 is 4.92 Å². The minimum Gasteiger partial charge on any atom is -0.356 e. The summed E-state index contributed by atoms with van der Waals surface area (Å²) in [4.78, 5) is 14.9. The molecule has 7 heteroatoms. The average molecular weight is 261 g/mol. The molecule has 1 unspecified atom stereocenters. The Hall–Kier alpha value is -2.44. The Balaban J connectivity index is 2.31. The van der Waals surface area contributed by atoms with Crippen molar-refractivity contribution < 1.29 is 4.92 Å². The normalized spacial score (nSPS) is 12.2. The van der Waals surface area contributed by atoms with E-state index in [1.165, 1.54) is 4.68 Å². The van der Waals surface area contributed by atoms with Crippen LogP contribution in [-0.2, 0) is 7.05 Å². The number of nitrogens with one attached hydrogen (secondary N) is 1. The van der Waals surface area contributed by atoms with Gasteiger partial charge in [0.15, 0.2) is 0 Å². The minimum absolute atomic E-state index is 0.00489. The number of aryl methyl sites for hydroxylation is 2. The van der Waals surface area contributed by atoms with Crippen LogP contribution in [0.2, 0.25) is 0 Å². The maximum absolute atomic E-state index is 11.1. The molecule has 0 aliphatic carbocycles. The van der Waals surface area contributed by atoms with Gasteiger partial charge >= 0.3 is 5.69 Å². The summed E-state index contributed by atoms with van der Waals surface area (Å²) in [5.74, 6) is 0.389. The van der Waals surface area contributed by atoms with Crippen molar-refractivity contribution in [2.45, 2.75) is 19.9 Å². The van der Waals surface area contributed by atoms with Gasteiger partial charge in [-0.1, -0.05) is 6.07 Å². The monoisotopic (exact) mass is 261 g/mol. The SMILES string of the molecule is Cc1nn(C)c(NC(C)c2ccccn2)c1[N+](=O)[O-]. The lowest BCUT2D eigenvalue weighted by Crippen LogP contribution is -2.12. The van der Waals surface area contributed by atoms with Gasteiger partial charge in [0, 0.05) is 13.2 Å². The number of rotatable bonds is 4. The molecule has 0 aliphatic heterocycles. The Bertz CT molecular complexity index is 594. The predicted octanol–water partition coefficient (Wildman–Crippen LogP) is 2.20. The number of hydrogen-bond acceptors (Lipinski definition) is 5. The Morgan fingerprint density at radius 2 is 2.21 bits per heavy atom. The summed E-state index contributed by atoms with van der Waals surface area (Å²) < 4.78 is 1.48. The van der Waals surface area contributed by atoms with Gasteiger partial charge in [-0.2, -0.15) is 5.10 Å². The highest BCUT2D eigenvalue weighted by molar-refractivity contribution is 5.60. The van der Waals surface area contributed by atoms with Crippen LogP contribution in [-0.4, -0.2) is 19.7 Å². The Kier molecular flexibility index (Phi) is 3.46. The topological polar surface area (TPSA) is 85.9 Å². The summed E-state index contributed by atoms with van der Waals surface area (Å²) in [5, 5.41) is 18.2. The molecular weight excluding hydrogens is 246 g/mol. The molecule has 1 atom stereocenters. The molecule has 0 spiro atoms. The van der Waals surface area contributed by atoms with Crippen molar-refractivity contribution >= 4 is 11.5 Å². The number of aromatic nitrogens is 3. The summed E-state index contributed by atoms with van der Waals surface area (Å²) in [6.07, 6.45) is 1.69. The van der Waals surface area contributed by atoms with Crippen LogP contribution in [0.25, 0.3) is 0 Å². The molecule has 19 heavy (non-hydrogen) atoms. The van der Waals surface area contributed by atoms with E-state index in [1.807, 2.05) is 25.1 Å². The molecule has 0 fully saturated rings. The van der Waals surface area contributed by atoms with Gasteiger partial charge in [-0.15, -0.1) is 0 Å². The van der Waals surface area contributed by atoms with Crippen molar-refractivity contribution in [1.82, 2.24) is 14.8 Å². The van der Waals surface area contributed by atoms with Crippen LogP contribution in [0.5, 0.6) is 0 Å². The van der Waals surface area contributed by atoms with E-state index in [4.69, 9.17) is 0 Å². The molecule has 1 N–H and O–H groups in total. The minimum atomic E-state index is -0.421. The molecule has 0 saturated heterocycles. The second-order valence-electron chi connectivity index (χ2n) is 4.28.